The molecule has 1 aromatic rings. The monoisotopic (exact) mass is 384 g/mol. The molecule has 6 nitrogen and oxygen atoms in total. The van der Waals surface area contributed by atoms with Gasteiger partial charge in [0.25, 0.3) is 0 Å². The number of aryl methyl sites for hydroxylation is 1. The number of esters is 1. The number of ether oxygens (including phenoxy) is 3. The molecule has 2 rings (SSSR count). The fraction of sp³-hybridized carbons (Fsp3) is 0.455. The topological polar surface area (TPSA) is 94.6 Å². The van der Waals surface area contributed by atoms with E-state index in [1.165, 1.54) is 0 Å². The van der Waals surface area contributed by atoms with Gasteiger partial charge in [-0.3, -0.25) is 0 Å². The second-order valence-corrected chi connectivity index (χ2v) is 6.95. The molecule has 0 aliphatic carbocycles. The molecule has 0 bridgehead atoms. The van der Waals surface area contributed by atoms with Crippen LogP contribution in [0.1, 0.15) is 63.1 Å². The van der Waals surface area contributed by atoms with E-state index in [-0.39, 0.29) is 24.0 Å². The lowest BCUT2D eigenvalue weighted by Crippen LogP contribution is -2.26. The van der Waals surface area contributed by atoms with E-state index < -0.39 is 11.9 Å². The number of carbonyl (C=O) groups is 1. The zero-order valence-corrected chi connectivity index (χ0v) is 17.4. The molecule has 0 saturated carbocycles. The van der Waals surface area contributed by atoms with Crippen LogP contribution in [0.4, 0.5) is 0 Å². The maximum absolute atomic E-state index is 12.7. The van der Waals surface area contributed by atoms with E-state index in [0.29, 0.717) is 17.9 Å². The third-order valence-electron chi connectivity index (χ3n) is 4.73. The first-order valence-corrected chi connectivity index (χ1v) is 9.49. The number of nitriles is 1. The van der Waals surface area contributed by atoms with Crippen LogP contribution in [-0.2, 0) is 14.3 Å². The highest BCUT2D eigenvalue weighted by Crippen LogP contribution is 2.43. The van der Waals surface area contributed by atoms with Crippen LogP contribution in [0.2, 0.25) is 0 Å². The van der Waals surface area contributed by atoms with Crippen LogP contribution in [0, 0.1) is 18.3 Å². The highest BCUT2D eigenvalue weighted by molar-refractivity contribution is 5.92. The zero-order valence-electron chi connectivity index (χ0n) is 17.4. The van der Waals surface area contributed by atoms with E-state index >= 15 is 0 Å². The molecule has 0 unspecified atom stereocenters. The van der Waals surface area contributed by atoms with E-state index in [9.17, 15) is 10.1 Å². The summed E-state index contributed by atoms with van der Waals surface area (Å²) >= 11 is 0. The van der Waals surface area contributed by atoms with Crippen molar-refractivity contribution in [1.82, 2.24) is 0 Å². The normalized spacial score (nSPS) is 16.7. The Kier molecular flexibility index (Phi) is 6.74. The summed E-state index contributed by atoms with van der Waals surface area (Å²) in [6.45, 7) is 12.2. The minimum absolute atomic E-state index is 0.0115. The van der Waals surface area contributed by atoms with Crippen LogP contribution in [0.3, 0.4) is 0 Å². The Labute approximate surface area is 166 Å². The molecule has 1 heterocycles. The summed E-state index contributed by atoms with van der Waals surface area (Å²) < 4.78 is 16.5. The van der Waals surface area contributed by atoms with Crippen LogP contribution in [-0.4, -0.2) is 19.2 Å². The van der Waals surface area contributed by atoms with Gasteiger partial charge in [-0.25, -0.2) is 4.79 Å². The maximum atomic E-state index is 12.7. The van der Waals surface area contributed by atoms with Crippen molar-refractivity contribution < 1.29 is 19.0 Å². The summed E-state index contributed by atoms with van der Waals surface area (Å²) in [6, 6.07) is 6.07. The summed E-state index contributed by atoms with van der Waals surface area (Å²) in [7, 11) is 0. The van der Waals surface area contributed by atoms with Crippen molar-refractivity contribution in [3.63, 3.8) is 0 Å². The number of carbonyl (C=O) groups excluding carboxylic acids is 1. The Morgan fingerprint density at radius 1 is 1.29 bits per heavy atom. The molecule has 1 aliphatic heterocycles. The van der Waals surface area contributed by atoms with Gasteiger partial charge in [0.05, 0.1) is 24.7 Å². The van der Waals surface area contributed by atoms with Crippen LogP contribution in [0.25, 0.3) is 0 Å². The van der Waals surface area contributed by atoms with Crippen molar-refractivity contribution in [3.8, 4) is 11.8 Å². The molecule has 6 heteroatoms. The van der Waals surface area contributed by atoms with Gasteiger partial charge in [-0.05, 0) is 56.4 Å². The van der Waals surface area contributed by atoms with Crippen LogP contribution in [0.15, 0.2) is 34.9 Å². The van der Waals surface area contributed by atoms with Gasteiger partial charge in [0.2, 0.25) is 5.88 Å². The Hall–Kier alpha value is -2.94. The smallest absolute Gasteiger partial charge is 0.338 e. The lowest BCUT2D eigenvalue weighted by molar-refractivity contribution is -0.139. The molecular weight excluding hydrogens is 356 g/mol. The molecule has 150 valence electrons. The van der Waals surface area contributed by atoms with Gasteiger partial charge in [-0.2, -0.15) is 5.26 Å². The number of nitrogens with two attached hydrogens (primary N) is 1. The average Bonchev–Trinajstić information content (AvgIpc) is 2.61. The molecule has 0 spiro atoms. The van der Waals surface area contributed by atoms with Crippen molar-refractivity contribution >= 4 is 5.97 Å². The lowest BCUT2D eigenvalue weighted by atomic mass is 9.79. The van der Waals surface area contributed by atoms with Gasteiger partial charge in [0, 0.05) is 0 Å². The molecule has 1 aliphatic rings. The molecule has 1 atom stereocenters. The summed E-state index contributed by atoms with van der Waals surface area (Å²) in [5, 5.41) is 9.75. The van der Waals surface area contributed by atoms with Gasteiger partial charge in [0.15, 0.2) is 0 Å². The fourth-order valence-corrected chi connectivity index (χ4v) is 3.42. The van der Waals surface area contributed by atoms with Gasteiger partial charge >= 0.3 is 5.97 Å². The van der Waals surface area contributed by atoms with Crippen LogP contribution >= 0.6 is 0 Å². The van der Waals surface area contributed by atoms with Crippen molar-refractivity contribution in [2.24, 2.45) is 5.73 Å². The number of rotatable bonds is 6. The van der Waals surface area contributed by atoms with Crippen molar-refractivity contribution in [2.45, 2.75) is 53.4 Å². The first kappa shape index (κ1) is 21.4. The highest BCUT2D eigenvalue weighted by atomic mass is 16.5. The third-order valence-corrected chi connectivity index (χ3v) is 4.73. The molecule has 0 saturated heterocycles. The molecule has 1 aromatic carbocycles. The molecular formula is C22H28N2O4. The number of allylic oxidation sites excluding steroid dienone is 2. The summed E-state index contributed by atoms with van der Waals surface area (Å²) in [6.07, 6.45) is 0. The Bertz CT molecular complexity index is 875. The number of nitrogens with zero attached hydrogens (tertiary/aromatic N) is 1. The minimum atomic E-state index is -0.647. The van der Waals surface area contributed by atoms with Crippen LogP contribution in [0.5, 0.6) is 5.75 Å². The lowest BCUT2D eigenvalue weighted by Gasteiger charge is -2.29. The van der Waals surface area contributed by atoms with Gasteiger partial charge in [0.1, 0.15) is 23.2 Å². The average molecular weight is 384 g/mol. The predicted molar refractivity (Wildman–Crippen MR) is 106 cm³/mol. The molecule has 0 amide bonds. The van der Waals surface area contributed by atoms with Crippen molar-refractivity contribution in [1.29, 1.82) is 5.26 Å². The van der Waals surface area contributed by atoms with E-state index in [4.69, 9.17) is 19.9 Å². The van der Waals surface area contributed by atoms with Crippen molar-refractivity contribution in [2.75, 3.05) is 13.2 Å². The Morgan fingerprint density at radius 3 is 2.50 bits per heavy atom. The first-order valence-electron chi connectivity index (χ1n) is 9.49. The zero-order chi connectivity index (χ0) is 21.0. The highest BCUT2D eigenvalue weighted by Gasteiger charge is 2.37. The van der Waals surface area contributed by atoms with Gasteiger partial charge in [-0.1, -0.05) is 19.9 Å². The standard InChI is InChI=1S/C22H28N2O4/c1-7-26-18-9-13(5)16(10-15(18)12(3)4)20-17(11-23)21(24)28-14(6)19(20)22(25)27-8-2/h9-10,12,20H,7-8,24H2,1-6H3/t20-/m0/s1. The Morgan fingerprint density at radius 2 is 1.96 bits per heavy atom. The largest absolute Gasteiger partial charge is 0.494 e. The molecule has 28 heavy (non-hydrogen) atoms. The molecule has 0 fully saturated rings. The van der Waals surface area contributed by atoms with Crippen LogP contribution < -0.4 is 10.5 Å². The van der Waals surface area contributed by atoms with Gasteiger partial charge < -0.3 is 19.9 Å². The number of benzene rings is 1. The van der Waals surface area contributed by atoms with Crippen molar-refractivity contribution in [3.05, 3.63) is 51.6 Å². The van der Waals surface area contributed by atoms with E-state index in [1.807, 2.05) is 26.0 Å². The quantitative estimate of drug-likeness (QED) is 0.740. The number of hydrogen-bond donors (Lipinski definition) is 1. The van der Waals surface area contributed by atoms with Gasteiger partial charge in [-0.15, -0.1) is 0 Å². The molecule has 2 N–H and O–H groups in total. The summed E-state index contributed by atoms with van der Waals surface area (Å²) in [5.41, 5.74) is 9.22. The predicted octanol–water partition coefficient (Wildman–Crippen LogP) is 4.16. The third kappa shape index (κ3) is 3.99. The fourth-order valence-electron chi connectivity index (χ4n) is 3.42. The second-order valence-electron chi connectivity index (χ2n) is 6.95. The SMILES string of the molecule is CCOC(=O)C1=C(C)OC(N)=C(C#N)[C@@H]1c1cc(C(C)C)c(OCC)cc1C. The first-order chi connectivity index (χ1) is 13.3. The van der Waals surface area contributed by atoms with E-state index in [2.05, 4.69) is 19.9 Å². The molecule has 0 aromatic heterocycles. The number of hydrogen-bond acceptors (Lipinski definition) is 6. The summed E-state index contributed by atoms with van der Waals surface area (Å²) in [5.74, 6) is 0.204. The maximum Gasteiger partial charge on any atom is 0.338 e. The second kappa shape index (κ2) is 8.83. The Balaban J connectivity index is 2.75. The minimum Gasteiger partial charge on any atom is -0.494 e. The molecule has 0 radical (unpaired) electrons. The van der Waals surface area contributed by atoms with E-state index in [1.54, 1.807) is 13.8 Å². The van der Waals surface area contributed by atoms with E-state index in [0.717, 1.165) is 22.4 Å². The summed E-state index contributed by atoms with van der Waals surface area (Å²) in [4.78, 5) is 12.7.